The van der Waals surface area contributed by atoms with E-state index in [2.05, 4.69) is 4.18 Å². The van der Waals surface area contributed by atoms with Crippen LogP contribution in [0, 0.1) is 0 Å². The maximum Gasteiger partial charge on any atom is 0.446 e. The molecule has 112 valence electrons. The van der Waals surface area contributed by atoms with Crippen LogP contribution in [0.3, 0.4) is 0 Å². The van der Waals surface area contributed by atoms with Crippen LogP contribution in [-0.4, -0.2) is 47.9 Å². The third-order valence-corrected chi connectivity index (χ3v) is 2.04. The zero-order valence-corrected chi connectivity index (χ0v) is 10.4. The van der Waals surface area contributed by atoms with E-state index in [0.29, 0.717) is 6.29 Å². The molecule has 11 heteroatoms. The SMILES string of the molecule is COc1ccc(C=O)c(O)c1OS(=O)(=O)O.O.O.O. The fourth-order valence-electron chi connectivity index (χ4n) is 1.01. The minimum Gasteiger partial charge on any atom is -0.504 e. The van der Waals surface area contributed by atoms with Gasteiger partial charge in [0.2, 0.25) is 5.75 Å². The molecule has 0 fully saturated rings. The van der Waals surface area contributed by atoms with Crippen molar-refractivity contribution < 1.29 is 48.2 Å². The highest BCUT2D eigenvalue weighted by atomic mass is 32.3. The fraction of sp³-hybridized carbons (Fsp3) is 0.125. The Labute approximate surface area is 108 Å². The average molecular weight is 302 g/mol. The summed E-state index contributed by atoms with van der Waals surface area (Å²) in [4.78, 5) is 10.5. The highest BCUT2D eigenvalue weighted by Crippen LogP contribution is 2.39. The minimum absolute atomic E-state index is 0. The van der Waals surface area contributed by atoms with Crippen molar-refractivity contribution in [1.29, 1.82) is 0 Å². The number of hydrogen-bond donors (Lipinski definition) is 2. The lowest BCUT2D eigenvalue weighted by atomic mass is 10.2. The van der Waals surface area contributed by atoms with Gasteiger partial charge in [-0.3, -0.25) is 9.35 Å². The lowest BCUT2D eigenvalue weighted by Gasteiger charge is -2.10. The van der Waals surface area contributed by atoms with Crippen molar-refractivity contribution in [2.24, 2.45) is 0 Å². The Morgan fingerprint density at radius 3 is 2.11 bits per heavy atom. The Kier molecular flexibility index (Phi) is 9.65. The molecule has 10 nitrogen and oxygen atoms in total. The lowest BCUT2D eigenvalue weighted by Crippen LogP contribution is -2.08. The van der Waals surface area contributed by atoms with Crippen LogP contribution in [0.1, 0.15) is 10.4 Å². The van der Waals surface area contributed by atoms with Gasteiger partial charge in [0.1, 0.15) is 0 Å². The number of carbonyl (C=O) groups is 1. The molecule has 1 aromatic rings. The van der Waals surface area contributed by atoms with Crippen molar-refractivity contribution in [2.45, 2.75) is 0 Å². The van der Waals surface area contributed by atoms with Gasteiger partial charge >= 0.3 is 10.4 Å². The third kappa shape index (κ3) is 5.50. The molecule has 8 N–H and O–H groups in total. The first kappa shape index (κ1) is 22.3. The molecule has 0 amide bonds. The van der Waals surface area contributed by atoms with E-state index in [1.54, 1.807) is 0 Å². The van der Waals surface area contributed by atoms with Crippen LogP contribution in [0.4, 0.5) is 0 Å². The molecular weight excluding hydrogens is 288 g/mol. The van der Waals surface area contributed by atoms with Crippen LogP contribution >= 0.6 is 0 Å². The van der Waals surface area contributed by atoms with Crippen molar-refractivity contribution >= 4 is 16.7 Å². The summed E-state index contributed by atoms with van der Waals surface area (Å²) in [5.41, 5.74) is -0.195. The molecule has 1 rings (SSSR count). The molecule has 0 bridgehead atoms. The van der Waals surface area contributed by atoms with Gasteiger partial charge in [0.05, 0.1) is 12.7 Å². The van der Waals surface area contributed by atoms with Crippen molar-refractivity contribution in [3.05, 3.63) is 17.7 Å². The van der Waals surface area contributed by atoms with Gasteiger partial charge in [-0.15, -0.1) is 0 Å². The first-order valence-corrected chi connectivity index (χ1v) is 5.27. The van der Waals surface area contributed by atoms with E-state index in [1.807, 2.05) is 0 Å². The molecule has 1 aromatic carbocycles. The van der Waals surface area contributed by atoms with E-state index in [0.717, 1.165) is 0 Å². The number of methoxy groups -OCH3 is 1. The van der Waals surface area contributed by atoms with Gasteiger partial charge in [-0.2, -0.15) is 8.42 Å². The van der Waals surface area contributed by atoms with Gasteiger partial charge in [-0.25, -0.2) is 0 Å². The first-order chi connectivity index (χ1) is 7.39. The molecule has 0 aromatic heterocycles. The van der Waals surface area contributed by atoms with Crippen LogP contribution in [-0.2, 0) is 10.4 Å². The van der Waals surface area contributed by atoms with Crippen LogP contribution in [0.25, 0.3) is 0 Å². The van der Waals surface area contributed by atoms with E-state index in [4.69, 9.17) is 9.29 Å². The number of hydrogen-bond acceptors (Lipinski definition) is 6. The summed E-state index contributed by atoms with van der Waals surface area (Å²) in [5.74, 6) is -1.51. The summed E-state index contributed by atoms with van der Waals surface area (Å²) in [6, 6.07) is 2.42. The van der Waals surface area contributed by atoms with E-state index < -0.39 is 21.9 Å². The maximum atomic E-state index is 10.5. The van der Waals surface area contributed by atoms with Gasteiger partial charge < -0.3 is 30.5 Å². The minimum atomic E-state index is -4.81. The summed E-state index contributed by atoms with van der Waals surface area (Å²) in [5, 5.41) is 9.45. The van der Waals surface area contributed by atoms with Gasteiger partial charge in [-0.1, -0.05) is 0 Å². The molecule has 0 saturated heterocycles. The molecule has 0 radical (unpaired) electrons. The number of benzene rings is 1. The highest BCUT2D eigenvalue weighted by Gasteiger charge is 2.19. The summed E-state index contributed by atoms with van der Waals surface area (Å²) in [6.07, 6.45) is 0.297. The molecule has 0 aliphatic rings. The quantitative estimate of drug-likeness (QED) is 0.468. The maximum absolute atomic E-state index is 10.5. The van der Waals surface area contributed by atoms with Crippen molar-refractivity contribution in [3.63, 3.8) is 0 Å². The second kappa shape index (κ2) is 8.23. The molecule has 0 heterocycles. The number of phenolic OH excluding ortho intramolecular Hbond substituents is 1. The molecule has 19 heavy (non-hydrogen) atoms. The smallest absolute Gasteiger partial charge is 0.446 e. The fourth-order valence-corrected chi connectivity index (χ4v) is 1.38. The third-order valence-electron chi connectivity index (χ3n) is 1.66. The van der Waals surface area contributed by atoms with E-state index in [-0.39, 0.29) is 27.7 Å². The molecule has 0 saturated carbocycles. The Morgan fingerprint density at radius 1 is 1.21 bits per heavy atom. The number of rotatable bonds is 4. The standard InChI is InChI=1S/C8H8O7S.3H2O/c1-14-6-3-2-5(4-9)7(10)8(6)15-16(11,12)13;;;/h2-4,10H,1H3,(H,11,12,13);3*1H2. The van der Waals surface area contributed by atoms with Crippen LogP contribution in [0.2, 0.25) is 0 Å². The zero-order valence-electron chi connectivity index (χ0n) is 9.58. The van der Waals surface area contributed by atoms with E-state index in [9.17, 15) is 18.3 Å². The van der Waals surface area contributed by atoms with Gasteiger partial charge in [0.25, 0.3) is 0 Å². The van der Waals surface area contributed by atoms with Crippen molar-refractivity contribution in [2.75, 3.05) is 7.11 Å². The van der Waals surface area contributed by atoms with Gasteiger partial charge in [0.15, 0.2) is 17.8 Å². The molecule has 0 unspecified atom stereocenters. The topological polar surface area (TPSA) is 205 Å². The highest BCUT2D eigenvalue weighted by molar-refractivity contribution is 7.81. The summed E-state index contributed by atoms with van der Waals surface area (Å²) >= 11 is 0. The Balaban J connectivity index is -0.000000853. The van der Waals surface area contributed by atoms with Crippen molar-refractivity contribution in [3.8, 4) is 17.2 Å². The average Bonchev–Trinajstić information content (AvgIpc) is 2.19. The molecular formula is C8H14O10S. The summed E-state index contributed by atoms with van der Waals surface area (Å²) < 4.78 is 38.3. The van der Waals surface area contributed by atoms with Crippen LogP contribution in [0.5, 0.6) is 17.2 Å². The van der Waals surface area contributed by atoms with Crippen LogP contribution in [0.15, 0.2) is 12.1 Å². The van der Waals surface area contributed by atoms with E-state index in [1.165, 1.54) is 19.2 Å². The predicted molar refractivity (Wildman–Crippen MR) is 63.1 cm³/mol. The second-order valence-electron chi connectivity index (χ2n) is 2.66. The number of aromatic hydroxyl groups is 1. The Bertz CT molecular complexity index is 509. The molecule has 0 spiro atoms. The van der Waals surface area contributed by atoms with Crippen molar-refractivity contribution in [1.82, 2.24) is 0 Å². The Hall–Kier alpha value is -1.92. The number of carbonyl (C=O) groups excluding carboxylic acids is 1. The largest absolute Gasteiger partial charge is 0.504 e. The lowest BCUT2D eigenvalue weighted by molar-refractivity contribution is 0.112. The van der Waals surface area contributed by atoms with Gasteiger partial charge in [0, 0.05) is 0 Å². The Morgan fingerprint density at radius 2 is 1.74 bits per heavy atom. The normalized spacial score (nSPS) is 9.16. The monoisotopic (exact) mass is 302 g/mol. The summed E-state index contributed by atoms with van der Waals surface area (Å²) in [7, 11) is -3.61. The second-order valence-corrected chi connectivity index (χ2v) is 3.69. The molecule has 0 atom stereocenters. The van der Waals surface area contributed by atoms with Crippen LogP contribution < -0.4 is 8.92 Å². The zero-order chi connectivity index (χ0) is 12.3. The predicted octanol–water partition coefficient (Wildman–Crippen LogP) is -2.08. The number of ether oxygens (including phenoxy) is 1. The number of phenols is 1. The number of aldehydes is 1. The summed E-state index contributed by atoms with van der Waals surface area (Å²) in [6.45, 7) is 0. The molecule has 0 aliphatic heterocycles. The van der Waals surface area contributed by atoms with E-state index >= 15 is 0 Å². The van der Waals surface area contributed by atoms with Gasteiger partial charge in [-0.05, 0) is 12.1 Å². The molecule has 0 aliphatic carbocycles. The first-order valence-electron chi connectivity index (χ1n) is 3.91.